The molecule has 0 aliphatic carbocycles. The number of anilines is 1. The summed E-state index contributed by atoms with van der Waals surface area (Å²) in [4.78, 5) is 15.6. The van der Waals surface area contributed by atoms with Gasteiger partial charge in [-0.3, -0.25) is 4.79 Å². The van der Waals surface area contributed by atoms with Crippen molar-refractivity contribution in [3.05, 3.63) is 60.2 Å². The Balaban J connectivity index is 1.89. The van der Waals surface area contributed by atoms with Crippen molar-refractivity contribution in [3.63, 3.8) is 0 Å². The Bertz CT molecular complexity index is 731. The third-order valence-electron chi connectivity index (χ3n) is 5.17. The number of hydrogen-bond donors (Lipinski definition) is 0. The van der Waals surface area contributed by atoms with Gasteiger partial charge in [0.2, 0.25) is 0 Å². The van der Waals surface area contributed by atoms with Crippen LogP contribution in [0.2, 0.25) is 0 Å². The van der Waals surface area contributed by atoms with Gasteiger partial charge in [0.1, 0.15) is 5.75 Å². The van der Waals surface area contributed by atoms with Gasteiger partial charge in [-0.15, -0.1) is 0 Å². The van der Waals surface area contributed by atoms with Crippen LogP contribution in [0.4, 0.5) is 5.69 Å². The summed E-state index contributed by atoms with van der Waals surface area (Å²) in [7, 11) is 1.68. The van der Waals surface area contributed by atoms with Crippen molar-refractivity contribution in [1.29, 1.82) is 0 Å². The second kappa shape index (κ2) is 7.53. The predicted molar refractivity (Wildman–Crippen MR) is 107 cm³/mol. The maximum atomic E-state index is 13.2. The second-order valence-corrected chi connectivity index (χ2v) is 8.35. The number of benzene rings is 2. The Morgan fingerprint density at radius 2 is 1.73 bits per heavy atom. The van der Waals surface area contributed by atoms with Crippen LogP contribution in [-0.2, 0) is 0 Å². The quantitative estimate of drug-likeness (QED) is 0.693. The molecule has 0 amide bonds. The van der Waals surface area contributed by atoms with Crippen molar-refractivity contribution in [1.82, 2.24) is 0 Å². The molecule has 0 saturated carbocycles. The summed E-state index contributed by atoms with van der Waals surface area (Å²) in [5.74, 6) is 1.17. The number of ketones is 1. The predicted octanol–water partition coefficient (Wildman–Crippen LogP) is 5.21. The molecule has 3 nitrogen and oxygen atoms in total. The van der Waals surface area contributed by atoms with Crippen LogP contribution in [0.15, 0.2) is 54.6 Å². The number of methoxy groups -OCH3 is 1. The summed E-state index contributed by atoms with van der Waals surface area (Å²) in [6, 6.07) is 18.1. The number of carbonyl (C=O) groups excluding carboxylic acids is 1. The van der Waals surface area contributed by atoms with Gasteiger partial charge in [0.15, 0.2) is 5.78 Å². The molecule has 3 heteroatoms. The van der Waals surface area contributed by atoms with E-state index in [1.807, 2.05) is 42.5 Å². The number of Topliss-reactive ketones (excluding diaryl/α,β-unsaturated/α-hetero) is 1. The maximum absolute atomic E-state index is 13.2. The van der Waals surface area contributed by atoms with Crippen LogP contribution < -0.4 is 9.64 Å². The van der Waals surface area contributed by atoms with Crippen molar-refractivity contribution in [2.75, 3.05) is 18.6 Å². The molecule has 0 aromatic heterocycles. The van der Waals surface area contributed by atoms with Crippen LogP contribution in [0, 0.1) is 11.3 Å². The fourth-order valence-electron chi connectivity index (χ4n) is 3.95. The Morgan fingerprint density at radius 1 is 1.08 bits per heavy atom. The van der Waals surface area contributed by atoms with Gasteiger partial charge in [-0.2, -0.15) is 0 Å². The highest BCUT2D eigenvalue weighted by molar-refractivity contribution is 5.99. The highest BCUT2D eigenvalue weighted by Crippen LogP contribution is 2.38. The van der Waals surface area contributed by atoms with Crippen molar-refractivity contribution in [2.24, 2.45) is 11.3 Å². The van der Waals surface area contributed by atoms with E-state index >= 15 is 0 Å². The summed E-state index contributed by atoms with van der Waals surface area (Å²) in [5.41, 5.74) is 2.16. The molecule has 0 bridgehead atoms. The summed E-state index contributed by atoms with van der Waals surface area (Å²) >= 11 is 0. The number of rotatable bonds is 5. The Hall–Kier alpha value is -2.29. The molecule has 0 radical (unpaired) electrons. The van der Waals surface area contributed by atoms with E-state index in [2.05, 4.69) is 37.8 Å². The van der Waals surface area contributed by atoms with E-state index in [9.17, 15) is 4.79 Å². The lowest BCUT2D eigenvalue weighted by Crippen LogP contribution is -2.38. The van der Waals surface area contributed by atoms with Gasteiger partial charge < -0.3 is 9.64 Å². The number of carbonyl (C=O) groups is 1. The lowest BCUT2D eigenvalue weighted by atomic mass is 9.80. The number of nitrogens with zero attached hydrogens (tertiary/aromatic N) is 1. The zero-order chi connectivity index (χ0) is 18.7. The van der Waals surface area contributed by atoms with Gasteiger partial charge in [0.05, 0.1) is 7.11 Å². The molecule has 3 rings (SSSR count). The molecule has 0 N–H and O–H groups in total. The van der Waals surface area contributed by atoms with Crippen LogP contribution in [0.25, 0.3) is 0 Å². The molecular weight excluding hydrogens is 322 g/mol. The maximum Gasteiger partial charge on any atom is 0.168 e. The Labute approximate surface area is 157 Å². The zero-order valence-corrected chi connectivity index (χ0v) is 16.2. The molecule has 2 atom stereocenters. The minimum Gasteiger partial charge on any atom is -0.497 e. The zero-order valence-electron chi connectivity index (χ0n) is 16.2. The molecule has 1 aliphatic rings. The monoisotopic (exact) mass is 351 g/mol. The minimum absolute atomic E-state index is 0.0405. The van der Waals surface area contributed by atoms with E-state index in [0.717, 1.165) is 30.7 Å². The smallest absolute Gasteiger partial charge is 0.168 e. The Morgan fingerprint density at radius 3 is 2.31 bits per heavy atom. The summed E-state index contributed by atoms with van der Waals surface area (Å²) in [6.45, 7) is 7.67. The van der Waals surface area contributed by atoms with Gasteiger partial charge in [0.25, 0.3) is 0 Å². The van der Waals surface area contributed by atoms with Crippen molar-refractivity contribution in [3.8, 4) is 5.75 Å². The van der Waals surface area contributed by atoms with E-state index < -0.39 is 0 Å². The highest BCUT2D eigenvalue weighted by Gasteiger charge is 2.40. The third kappa shape index (κ3) is 4.09. The molecule has 1 heterocycles. The standard InChI is InChI=1S/C23H29NO2/c1-23(2,3)16-21-20(22(25)17-8-6-5-7-9-17)14-15-24(21)18-10-12-19(26-4)13-11-18/h5-13,20-21H,14-16H2,1-4H3/t20-,21+/m1/s1. The second-order valence-electron chi connectivity index (χ2n) is 8.35. The molecule has 0 spiro atoms. The molecule has 1 aliphatic heterocycles. The first-order chi connectivity index (χ1) is 12.4. The summed E-state index contributed by atoms with van der Waals surface area (Å²) in [5, 5.41) is 0. The third-order valence-corrected chi connectivity index (χ3v) is 5.17. The normalized spacial score (nSPS) is 20.2. The molecular formula is C23H29NO2. The summed E-state index contributed by atoms with van der Waals surface area (Å²) in [6.07, 6.45) is 1.89. The molecule has 26 heavy (non-hydrogen) atoms. The average molecular weight is 351 g/mol. The molecule has 138 valence electrons. The van der Waals surface area contributed by atoms with Gasteiger partial charge in [-0.1, -0.05) is 51.1 Å². The van der Waals surface area contributed by atoms with Crippen LogP contribution in [0.5, 0.6) is 5.75 Å². The topological polar surface area (TPSA) is 29.5 Å². The average Bonchev–Trinajstić information content (AvgIpc) is 3.03. The fourth-order valence-corrected chi connectivity index (χ4v) is 3.95. The van der Waals surface area contributed by atoms with Crippen molar-refractivity contribution >= 4 is 11.5 Å². The van der Waals surface area contributed by atoms with Crippen LogP contribution >= 0.6 is 0 Å². The fraction of sp³-hybridized carbons (Fsp3) is 0.435. The molecule has 2 aromatic carbocycles. The van der Waals surface area contributed by atoms with Crippen LogP contribution in [-0.4, -0.2) is 25.5 Å². The number of hydrogen-bond acceptors (Lipinski definition) is 3. The SMILES string of the molecule is COc1ccc(N2CC[C@@H](C(=O)c3ccccc3)[C@@H]2CC(C)(C)C)cc1. The van der Waals surface area contributed by atoms with Gasteiger partial charge in [-0.05, 0) is 42.5 Å². The van der Waals surface area contributed by atoms with Gasteiger partial charge in [0, 0.05) is 29.8 Å². The van der Waals surface area contributed by atoms with Crippen molar-refractivity contribution < 1.29 is 9.53 Å². The first-order valence-electron chi connectivity index (χ1n) is 9.39. The molecule has 1 saturated heterocycles. The van der Waals surface area contributed by atoms with Gasteiger partial charge >= 0.3 is 0 Å². The van der Waals surface area contributed by atoms with E-state index in [0.29, 0.717) is 0 Å². The van der Waals surface area contributed by atoms with Gasteiger partial charge in [-0.25, -0.2) is 0 Å². The molecule has 0 unspecified atom stereocenters. The molecule has 2 aromatic rings. The molecule has 1 fully saturated rings. The van der Waals surface area contributed by atoms with Crippen LogP contribution in [0.3, 0.4) is 0 Å². The van der Waals surface area contributed by atoms with E-state index in [1.54, 1.807) is 7.11 Å². The van der Waals surface area contributed by atoms with Crippen LogP contribution in [0.1, 0.15) is 44.0 Å². The van der Waals surface area contributed by atoms with Crippen molar-refractivity contribution in [2.45, 2.75) is 39.7 Å². The first-order valence-corrected chi connectivity index (χ1v) is 9.39. The minimum atomic E-state index is 0.0405. The first kappa shape index (κ1) is 18.5. The van der Waals surface area contributed by atoms with E-state index in [-0.39, 0.29) is 23.2 Å². The highest BCUT2D eigenvalue weighted by atomic mass is 16.5. The largest absolute Gasteiger partial charge is 0.497 e. The number of ether oxygens (including phenoxy) is 1. The van der Waals surface area contributed by atoms with E-state index in [1.165, 1.54) is 5.69 Å². The lowest BCUT2D eigenvalue weighted by Gasteiger charge is -2.34. The van der Waals surface area contributed by atoms with E-state index in [4.69, 9.17) is 4.74 Å². The lowest BCUT2D eigenvalue weighted by molar-refractivity contribution is 0.0902. The Kier molecular flexibility index (Phi) is 5.36. The summed E-state index contributed by atoms with van der Waals surface area (Å²) < 4.78 is 5.28.